The molecule has 2 heterocycles. The van der Waals surface area contributed by atoms with E-state index in [1.54, 1.807) is 7.11 Å². The molecule has 0 aliphatic heterocycles. The highest BCUT2D eigenvalue weighted by Gasteiger charge is 2.13. The molecule has 0 amide bonds. The maximum atomic E-state index is 12.8. The van der Waals surface area contributed by atoms with E-state index in [0.717, 1.165) is 21.6 Å². The standard InChI is InChI=1S/C26H20N2O3S/c1-30-22-14-19(12-13-21(22)31-16-17-8-4-2-5-9-17)24-27-25(29)20-15-23(32-26(20)28-24)18-10-6-3-7-11-18/h2-15H,16H2,1H3,(H,27,28,29). The molecule has 0 saturated carbocycles. The van der Waals surface area contributed by atoms with Gasteiger partial charge < -0.3 is 14.5 Å². The smallest absolute Gasteiger partial charge is 0.259 e. The van der Waals surface area contributed by atoms with Gasteiger partial charge in [0.25, 0.3) is 5.56 Å². The minimum Gasteiger partial charge on any atom is -0.493 e. The molecule has 0 saturated heterocycles. The van der Waals surface area contributed by atoms with Crippen LogP contribution in [0.4, 0.5) is 0 Å². The van der Waals surface area contributed by atoms with E-state index >= 15 is 0 Å². The van der Waals surface area contributed by atoms with Gasteiger partial charge in [0.2, 0.25) is 0 Å². The summed E-state index contributed by atoms with van der Waals surface area (Å²) in [6, 6.07) is 27.4. The van der Waals surface area contributed by atoms with E-state index in [1.807, 2.05) is 84.9 Å². The molecule has 5 nitrogen and oxygen atoms in total. The van der Waals surface area contributed by atoms with Gasteiger partial charge >= 0.3 is 0 Å². The fourth-order valence-electron chi connectivity index (χ4n) is 3.48. The van der Waals surface area contributed by atoms with E-state index in [0.29, 0.717) is 34.1 Å². The number of ether oxygens (including phenoxy) is 2. The molecular weight excluding hydrogens is 420 g/mol. The van der Waals surface area contributed by atoms with Gasteiger partial charge in [0.15, 0.2) is 11.5 Å². The molecule has 0 unspecified atom stereocenters. The van der Waals surface area contributed by atoms with Crippen molar-refractivity contribution in [3.05, 3.63) is 101 Å². The molecule has 0 bridgehead atoms. The Labute approximate surface area is 188 Å². The predicted octanol–water partition coefficient (Wildman–Crippen LogP) is 5.91. The summed E-state index contributed by atoms with van der Waals surface area (Å²) in [5.41, 5.74) is 2.73. The molecule has 158 valence electrons. The number of fused-ring (bicyclic) bond motifs is 1. The Morgan fingerprint density at radius 2 is 1.62 bits per heavy atom. The summed E-state index contributed by atoms with van der Waals surface area (Å²) in [6.45, 7) is 0.440. The molecule has 5 aromatic rings. The number of aromatic nitrogens is 2. The van der Waals surface area contributed by atoms with Gasteiger partial charge in [-0.3, -0.25) is 4.79 Å². The SMILES string of the molecule is COc1cc(-c2nc3sc(-c4ccccc4)cc3c(=O)[nH]2)ccc1OCc1ccccc1. The highest BCUT2D eigenvalue weighted by Crippen LogP contribution is 2.34. The van der Waals surface area contributed by atoms with Gasteiger partial charge in [-0.05, 0) is 35.4 Å². The van der Waals surface area contributed by atoms with Crippen LogP contribution in [0.1, 0.15) is 5.56 Å². The maximum absolute atomic E-state index is 12.8. The van der Waals surface area contributed by atoms with Gasteiger partial charge in [-0.25, -0.2) is 4.98 Å². The van der Waals surface area contributed by atoms with Crippen molar-refractivity contribution < 1.29 is 9.47 Å². The first-order valence-corrected chi connectivity index (χ1v) is 11.0. The summed E-state index contributed by atoms with van der Waals surface area (Å²) in [7, 11) is 1.60. The minimum atomic E-state index is -0.160. The lowest BCUT2D eigenvalue weighted by Gasteiger charge is -2.12. The highest BCUT2D eigenvalue weighted by molar-refractivity contribution is 7.21. The van der Waals surface area contributed by atoms with Gasteiger partial charge in [0.1, 0.15) is 17.3 Å². The zero-order chi connectivity index (χ0) is 21.9. The third-order valence-corrected chi connectivity index (χ3v) is 6.21. The second-order valence-electron chi connectivity index (χ2n) is 7.25. The number of H-pyrrole nitrogens is 1. The van der Waals surface area contributed by atoms with Crippen LogP contribution in [0, 0.1) is 0 Å². The fourth-order valence-corrected chi connectivity index (χ4v) is 4.52. The molecule has 2 aromatic heterocycles. The first-order chi connectivity index (χ1) is 15.7. The van der Waals surface area contributed by atoms with Crippen molar-refractivity contribution in [2.75, 3.05) is 7.11 Å². The molecule has 3 aromatic carbocycles. The van der Waals surface area contributed by atoms with Gasteiger partial charge in [-0.15, -0.1) is 11.3 Å². The number of aromatic amines is 1. The summed E-state index contributed by atoms with van der Waals surface area (Å²) in [4.78, 5) is 22.1. The number of nitrogens with zero attached hydrogens (tertiary/aromatic N) is 1. The van der Waals surface area contributed by atoms with Gasteiger partial charge in [0.05, 0.1) is 12.5 Å². The van der Waals surface area contributed by atoms with Crippen LogP contribution in [0.25, 0.3) is 32.0 Å². The Kier molecular flexibility index (Phi) is 5.44. The van der Waals surface area contributed by atoms with E-state index in [9.17, 15) is 4.79 Å². The number of rotatable bonds is 6. The number of nitrogens with one attached hydrogen (secondary N) is 1. The Bertz CT molecular complexity index is 1430. The first-order valence-electron chi connectivity index (χ1n) is 10.2. The zero-order valence-corrected chi connectivity index (χ0v) is 18.2. The molecular formula is C26H20N2O3S. The number of hydrogen-bond donors (Lipinski definition) is 1. The van der Waals surface area contributed by atoms with Crippen LogP contribution in [0.2, 0.25) is 0 Å². The highest BCUT2D eigenvalue weighted by atomic mass is 32.1. The number of benzene rings is 3. The molecule has 5 rings (SSSR count). The van der Waals surface area contributed by atoms with E-state index < -0.39 is 0 Å². The van der Waals surface area contributed by atoms with Crippen LogP contribution in [0.3, 0.4) is 0 Å². The number of thiophene rings is 1. The van der Waals surface area contributed by atoms with Gasteiger partial charge in [-0.1, -0.05) is 60.7 Å². The lowest BCUT2D eigenvalue weighted by molar-refractivity contribution is 0.284. The van der Waals surface area contributed by atoms with Crippen molar-refractivity contribution in [1.29, 1.82) is 0 Å². The third-order valence-electron chi connectivity index (χ3n) is 5.13. The van der Waals surface area contributed by atoms with E-state index in [4.69, 9.17) is 14.5 Å². The third kappa shape index (κ3) is 4.00. The van der Waals surface area contributed by atoms with Crippen molar-refractivity contribution >= 4 is 21.6 Å². The summed E-state index contributed by atoms with van der Waals surface area (Å²) in [6.07, 6.45) is 0. The molecule has 0 spiro atoms. The van der Waals surface area contributed by atoms with Crippen LogP contribution in [-0.4, -0.2) is 17.1 Å². The van der Waals surface area contributed by atoms with Crippen LogP contribution < -0.4 is 15.0 Å². The lowest BCUT2D eigenvalue weighted by atomic mass is 10.1. The molecule has 0 aliphatic rings. The van der Waals surface area contributed by atoms with Crippen LogP contribution >= 0.6 is 11.3 Å². The average Bonchev–Trinajstić information content (AvgIpc) is 3.29. The Hall–Kier alpha value is -3.90. The largest absolute Gasteiger partial charge is 0.493 e. The molecule has 0 radical (unpaired) electrons. The summed E-state index contributed by atoms with van der Waals surface area (Å²) in [5, 5.41) is 0.590. The van der Waals surface area contributed by atoms with Crippen molar-refractivity contribution in [3.63, 3.8) is 0 Å². The van der Waals surface area contributed by atoms with Crippen LogP contribution in [-0.2, 0) is 6.61 Å². The van der Waals surface area contributed by atoms with Crippen molar-refractivity contribution in [1.82, 2.24) is 9.97 Å². The Balaban J connectivity index is 1.47. The van der Waals surface area contributed by atoms with E-state index in [2.05, 4.69) is 4.98 Å². The molecule has 32 heavy (non-hydrogen) atoms. The fraction of sp³-hybridized carbons (Fsp3) is 0.0769. The summed E-state index contributed by atoms with van der Waals surface area (Å²) >= 11 is 1.51. The minimum absolute atomic E-state index is 0.160. The Morgan fingerprint density at radius 1 is 0.875 bits per heavy atom. The summed E-state index contributed by atoms with van der Waals surface area (Å²) < 4.78 is 11.5. The maximum Gasteiger partial charge on any atom is 0.259 e. The first kappa shape index (κ1) is 20.0. The monoisotopic (exact) mass is 440 g/mol. The summed E-state index contributed by atoms with van der Waals surface area (Å²) in [5.74, 6) is 1.71. The molecule has 1 N–H and O–H groups in total. The molecule has 6 heteroatoms. The number of hydrogen-bond acceptors (Lipinski definition) is 5. The van der Waals surface area contributed by atoms with Gasteiger partial charge in [-0.2, -0.15) is 0 Å². The van der Waals surface area contributed by atoms with Crippen molar-refractivity contribution in [2.24, 2.45) is 0 Å². The zero-order valence-electron chi connectivity index (χ0n) is 17.4. The van der Waals surface area contributed by atoms with Crippen molar-refractivity contribution in [2.45, 2.75) is 6.61 Å². The Morgan fingerprint density at radius 3 is 2.38 bits per heavy atom. The number of methoxy groups -OCH3 is 1. The lowest BCUT2D eigenvalue weighted by Crippen LogP contribution is -2.08. The van der Waals surface area contributed by atoms with E-state index in [1.165, 1.54) is 11.3 Å². The topological polar surface area (TPSA) is 64.2 Å². The molecule has 0 fully saturated rings. The molecule has 0 atom stereocenters. The van der Waals surface area contributed by atoms with Crippen LogP contribution in [0.5, 0.6) is 11.5 Å². The average molecular weight is 441 g/mol. The van der Waals surface area contributed by atoms with Crippen molar-refractivity contribution in [3.8, 4) is 33.3 Å². The van der Waals surface area contributed by atoms with Gasteiger partial charge in [0, 0.05) is 10.4 Å². The second kappa shape index (κ2) is 8.69. The molecule has 0 aliphatic carbocycles. The van der Waals surface area contributed by atoms with Crippen LogP contribution in [0.15, 0.2) is 89.7 Å². The second-order valence-corrected chi connectivity index (χ2v) is 8.28. The predicted molar refractivity (Wildman–Crippen MR) is 128 cm³/mol. The van der Waals surface area contributed by atoms with E-state index in [-0.39, 0.29) is 5.56 Å². The normalized spacial score (nSPS) is 10.9. The quantitative estimate of drug-likeness (QED) is 0.357.